The Hall–Kier alpha value is -2.20. The highest BCUT2D eigenvalue weighted by atomic mass is 16.5. The maximum atomic E-state index is 5.68. The van der Waals surface area contributed by atoms with Crippen molar-refractivity contribution < 1.29 is 14.4 Å². The summed E-state index contributed by atoms with van der Waals surface area (Å²) in [7, 11) is 3.46. The van der Waals surface area contributed by atoms with Gasteiger partial charge in [0, 0.05) is 16.8 Å². The van der Waals surface area contributed by atoms with Crippen molar-refractivity contribution in [2.45, 2.75) is 27.3 Å². The first-order valence-electron chi connectivity index (χ1n) is 9.40. The lowest BCUT2D eigenvalue weighted by Crippen LogP contribution is -3.13. The molecule has 0 spiro atoms. The van der Waals surface area contributed by atoms with Crippen molar-refractivity contribution in [2.75, 3.05) is 45.3 Å². The predicted octanol–water partition coefficient (Wildman–Crippen LogP) is 2.53. The summed E-state index contributed by atoms with van der Waals surface area (Å²) in [5.74, 6) is 1.86. The Morgan fingerprint density at radius 1 is 0.923 bits per heavy atom. The third-order valence-corrected chi connectivity index (χ3v) is 5.69. The van der Waals surface area contributed by atoms with Crippen LogP contribution in [0.25, 0.3) is 0 Å². The van der Waals surface area contributed by atoms with Crippen LogP contribution >= 0.6 is 0 Å². The Morgan fingerprint density at radius 2 is 1.65 bits per heavy atom. The second-order valence-corrected chi connectivity index (χ2v) is 7.22. The second kappa shape index (κ2) is 8.00. The van der Waals surface area contributed by atoms with Crippen molar-refractivity contribution in [3.63, 3.8) is 0 Å². The van der Waals surface area contributed by atoms with Gasteiger partial charge in [0.2, 0.25) is 0 Å². The molecule has 0 amide bonds. The maximum absolute atomic E-state index is 5.68. The lowest BCUT2D eigenvalue weighted by atomic mass is 10.1. The van der Waals surface area contributed by atoms with Crippen LogP contribution in [0.3, 0.4) is 0 Å². The van der Waals surface area contributed by atoms with Crippen LogP contribution in [0.5, 0.6) is 11.5 Å². The first-order chi connectivity index (χ1) is 12.5. The Morgan fingerprint density at radius 3 is 2.31 bits per heavy atom. The van der Waals surface area contributed by atoms with E-state index in [1.54, 1.807) is 19.1 Å². The molecule has 1 fully saturated rings. The first kappa shape index (κ1) is 18.6. The summed E-state index contributed by atoms with van der Waals surface area (Å²) < 4.78 is 11.1. The molecule has 0 aliphatic carbocycles. The van der Waals surface area contributed by atoms with E-state index in [-0.39, 0.29) is 0 Å². The molecule has 1 aliphatic heterocycles. The maximum Gasteiger partial charge on any atom is 0.134 e. The molecule has 0 saturated carbocycles. The number of quaternary nitrogens is 1. The van der Waals surface area contributed by atoms with Gasteiger partial charge in [-0.3, -0.25) is 0 Å². The zero-order valence-corrected chi connectivity index (χ0v) is 16.7. The van der Waals surface area contributed by atoms with E-state index < -0.39 is 0 Å². The second-order valence-electron chi connectivity index (χ2n) is 7.22. The average molecular weight is 356 g/mol. The van der Waals surface area contributed by atoms with Gasteiger partial charge in [0.05, 0.1) is 40.4 Å². The van der Waals surface area contributed by atoms with E-state index in [0.717, 1.165) is 49.8 Å². The number of methoxy groups -OCH3 is 2. The van der Waals surface area contributed by atoms with E-state index in [9.17, 15) is 0 Å². The molecule has 0 atom stereocenters. The quantitative estimate of drug-likeness (QED) is 0.893. The van der Waals surface area contributed by atoms with Crippen molar-refractivity contribution in [3.8, 4) is 11.5 Å². The molecule has 2 aromatic carbocycles. The number of ether oxygens (including phenoxy) is 2. The molecule has 1 heterocycles. The molecular weight excluding hydrogens is 324 g/mol. The molecule has 26 heavy (non-hydrogen) atoms. The fourth-order valence-electron chi connectivity index (χ4n) is 3.96. The molecule has 0 unspecified atom stereocenters. The fourth-order valence-corrected chi connectivity index (χ4v) is 3.96. The number of hydrogen-bond acceptors (Lipinski definition) is 3. The lowest BCUT2D eigenvalue weighted by molar-refractivity contribution is -0.914. The summed E-state index contributed by atoms with van der Waals surface area (Å²) in [5, 5.41) is 0. The number of nitrogens with zero attached hydrogens (tertiary/aromatic N) is 1. The zero-order chi connectivity index (χ0) is 18.7. The van der Waals surface area contributed by atoms with Gasteiger partial charge in [-0.1, -0.05) is 12.1 Å². The van der Waals surface area contributed by atoms with Crippen LogP contribution < -0.4 is 19.3 Å². The van der Waals surface area contributed by atoms with Crippen LogP contribution in [0.15, 0.2) is 30.3 Å². The minimum Gasteiger partial charge on any atom is -0.496 e. The van der Waals surface area contributed by atoms with E-state index in [0.29, 0.717) is 0 Å². The van der Waals surface area contributed by atoms with Crippen LogP contribution in [-0.4, -0.2) is 40.4 Å². The molecule has 0 radical (unpaired) electrons. The minimum absolute atomic E-state index is 0.889. The topological polar surface area (TPSA) is 26.1 Å². The predicted molar refractivity (Wildman–Crippen MR) is 107 cm³/mol. The Bertz CT molecular complexity index is 765. The van der Waals surface area contributed by atoms with Crippen LogP contribution in [-0.2, 0) is 6.54 Å². The number of anilines is 1. The van der Waals surface area contributed by atoms with Crippen LogP contribution in [0.4, 0.5) is 5.69 Å². The zero-order valence-electron chi connectivity index (χ0n) is 16.7. The van der Waals surface area contributed by atoms with Crippen molar-refractivity contribution in [3.05, 3.63) is 52.6 Å². The summed E-state index contributed by atoms with van der Waals surface area (Å²) in [6, 6.07) is 10.8. The third-order valence-electron chi connectivity index (χ3n) is 5.69. The summed E-state index contributed by atoms with van der Waals surface area (Å²) in [5.41, 5.74) is 6.52. The van der Waals surface area contributed by atoms with Crippen molar-refractivity contribution in [2.24, 2.45) is 0 Å². The van der Waals surface area contributed by atoms with Crippen molar-refractivity contribution in [1.29, 1.82) is 0 Å². The standard InChI is InChI=1S/C22H30N2O2/c1-16-7-6-8-20(17(16)2)24-13-11-23(12-14-24)15-19-9-10-21(25-4)18(3)22(19)26-5/h6-10H,11-15H2,1-5H3/p+1. The van der Waals surface area contributed by atoms with E-state index >= 15 is 0 Å². The van der Waals surface area contributed by atoms with E-state index in [4.69, 9.17) is 9.47 Å². The largest absolute Gasteiger partial charge is 0.496 e. The van der Waals surface area contributed by atoms with Gasteiger partial charge in [-0.2, -0.15) is 0 Å². The third kappa shape index (κ3) is 3.65. The monoisotopic (exact) mass is 355 g/mol. The SMILES string of the molecule is COc1ccc(C[NH+]2CCN(c3cccc(C)c3C)CC2)c(OC)c1C. The molecule has 4 nitrogen and oxygen atoms in total. The molecule has 3 rings (SSSR count). The molecule has 0 aromatic heterocycles. The summed E-state index contributed by atoms with van der Waals surface area (Å²) >= 11 is 0. The van der Waals surface area contributed by atoms with Gasteiger partial charge < -0.3 is 19.3 Å². The summed E-state index contributed by atoms with van der Waals surface area (Å²) in [6.07, 6.45) is 0. The highest BCUT2D eigenvalue weighted by Gasteiger charge is 2.23. The summed E-state index contributed by atoms with van der Waals surface area (Å²) in [6.45, 7) is 12.0. The molecule has 0 bridgehead atoms. The average Bonchev–Trinajstić information content (AvgIpc) is 2.65. The summed E-state index contributed by atoms with van der Waals surface area (Å²) in [4.78, 5) is 4.14. The molecule has 1 saturated heterocycles. The molecule has 1 aliphatic rings. The number of benzene rings is 2. The number of nitrogens with one attached hydrogen (secondary N) is 1. The Balaban J connectivity index is 1.68. The van der Waals surface area contributed by atoms with Gasteiger partial charge in [-0.15, -0.1) is 0 Å². The molecule has 4 heteroatoms. The number of aryl methyl sites for hydroxylation is 1. The molecular formula is C22H31N2O2+. The van der Waals surface area contributed by atoms with Gasteiger partial charge in [0.15, 0.2) is 0 Å². The fraction of sp³-hybridized carbons (Fsp3) is 0.455. The Labute approximate surface area is 157 Å². The van der Waals surface area contributed by atoms with Gasteiger partial charge >= 0.3 is 0 Å². The number of piperazine rings is 1. The molecule has 2 aromatic rings. The van der Waals surface area contributed by atoms with E-state index in [1.807, 2.05) is 0 Å². The normalized spacial score (nSPS) is 15.2. The van der Waals surface area contributed by atoms with Crippen LogP contribution in [0.2, 0.25) is 0 Å². The van der Waals surface area contributed by atoms with E-state index in [2.05, 4.69) is 56.0 Å². The first-order valence-corrected chi connectivity index (χ1v) is 9.40. The van der Waals surface area contributed by atoms with Gasteiger partial charge in [0.1, 0.15) is 18.0 Å². The van der Waals surface area contributed by atoms with Gasteiger partial charge in [-0.25, -0.2) is 0 Å². The van der Waals surface area contributed by atoms with Crippen molar-refractivity contribution in [1.82, 2.24) is 0 Å². The van der Waals surface area contributed by atoms with E-state index in [1.165, 1.54) is 22.4 Å². The number of rotatable bonds is 5. The highest BCUT2D eigenvalue weighted by Crippen LogP contribution is 2.31. The van der Waals surface area contributed by atoms with Crippen LogP contribution in [0, 0.1) is 20.8 Å². The van der Waals surface area contributed by atoms with Gasteiger partial charge in [0.25, 0.3) is 0 Å². The van der Waals surface area contributed by atoms with Gasteiger partial charge in [-0.05, 0) is 50.1 Å². The van der Waals surface area contributed by atoms with Crippen molar-refractivity contribution >= 4 is 5.69 Å². The molecule has 1 N–H and O–H groups in total. The number of hydrogen-bond donors (Lipinski definition) is 1. The Kier molecular flexibility index (Phi) is 5.72. The minimum atomic E-state index is 0.889. The smallest absolute Gasteiger partial charge is 0.134 e. The van der Waals surface area contributed by atoms with Crippen LogP contribution in [0.1, 0.15) is 22.3 Å². The lowest BCUT2D eigenvalue weighted by Gasteiger charge is -2.35. The highest BCUT2D eigenvalue weighted by molar-refractivity contribution is 5.56. The molecule has 140 valence electrons.